The van der Waals surface area contributed by atoms with E-state index >= 15 is 0 Å². The number of rotatable bonds is 2. The predicted octanol–water partition coefficient (Wildman–Crippen LogP) is 3.33. The van der Waals surface area contributed by atoms with Gasteiger partial charge in [0.1, 0.15) is 0 Å². The summed E-state index contributed by atoms with van der Waals surface area (Å²) in [5.74, 6) is -0.990. The lowest BCUT2D eigenvalue weighted by Crippen LogP contribution is -1.97. The molecule has 2 heterocycles. The van der Waals surface area contributed by atoms with Crippen molar-refractivity contribution >= 4 is 44.6 Å². The summed E-state index contributed by atoms with van der Waals surface area (Å²) >= 11 is 6.03. The third-order valence-electron chi connectivity index (χ3n) is 1.55. The molecule has 0 saturated heterocycles. The molecule has 72 valence electrons. The molecular formula is C8H4BrNO2S2. The van der Waals surface area contributed by atoms with E-state index in [0.717, 1.165) is 4.88 Å². The first kappa shape index (κ1) is 9.82. The van der Waals surface area contributed by atoms with Gasteiger partial charge in [-0.1, -0.05) is 6.07 Å². The van der Waals surface area contributed by atoms with Crippen LogP contribution in [0.25, 0.3) is 9.75 Å². The molecule has 0 aliphatic rings. The third-order valence-corrected chi connectivity index (χ3v) is 4.11. The van der Waals surface area contributed by atoms with Gasteiger partial charge in [0.2, 0.25) is 0 Å². The number of nitrogens with zero attached hydrogens (tertiary/aromatic N) is 1. The molecule has 0 bridgehead atoms. The Labute approximate surface area is 96.2 Å². The van der Waals surface area contributed by atoms with Gasteiger partial charge < -0.3 is 5.11 Å². The van der Waals surface area contributed by atoms with Crippen molar-refractivity contribution in [3.8, 4) is 9.75 Å². The number of aromatic carboxylic acids is 1. The average molecular weight is 290 g/mol. The number of carbonyl (C=O) groups is 1. The van der Waals surface area contributed by atoms with Crippen LogP contribution in [0.5, 0.6) is 0 Å². The fraction of sp³-hybridized carbons (Fsp3) is 0. The normalized spacial score (nSPS) is 10.4. The molecule has 14 heavy (non-hydrogen) atoms. The topological polar surface area (TPSA) is 50.2 Å². The van der Waals surface area contributed by atoms with Gasteiger partial charge in [-0.15, -0.1) is 22.7 Å². The highest BCUT2D eigenvalue weighted by molar-refractivity contribution is 9.11. The quantitative estimate of drug-likeness (QED) is 0.923. The molecule has 0 fully saturated rings. The Morgan fingerprint density at radius 3 is 2.93 bits per heavy atom. The van der Waals surface area contributed by atoms with E-state index in [1.807, 2.05) is 17.5 Å². The Bertz CT molecular complexity index is 464. The summed E-state index contributed by atoms with van der Waals surface area (Å²) in [5, 5.41) is 10.8. The van der Waals surface area contributed by atoms with Crippen LogP contribution in [0, 0.1) is 0 Å². The highest BCUT2D eigenvalue weighted by atomic mass is 79.9. The minimum absolute atomic E-state index is 0.115. The van der Waals surface area contributed by atoms with E-state index in [-0.39, 0.29) is 5.69 Å². The van der Waals surface area contributed by atoms with Gasteiger partial charge in [-0.3, -0.25) is 0 Å². The maximum atomic E-state index is 10.9. The van der Waals surface area contributed by atoms with Crippen molar-refractivity contribution in [3.05, 3.63) is 27.1 Å². The number of halogens is 1. The van der Waals surface area contributed by atoms with Gasteiger partial charge in [0, 0.05) is 4.88 Å². The third kappa shape index (κ3) is 1.73. The standard InChI is InChI=1S/C8H4BrNO2S2/c9-8-10-5(7(11)12)6(14-8)4-2-1-3-13-4/h1-3H,(H,11,12). The molecule has 0 radical (unpaired) electrons. The number of carboxylic acid groups (broad SMARTS) is 1. The summed E-state index contributed by atoms with van der Waals surface area (Å²) in [6, 6.07) is 3.77. The first-order chi connectivity index (χ1) is 6.68. The largest absolute Gasteiger partial charge is 0.476 e. The van der Waals surface area contributed by atoms with E-state index in [9.17, 15) is 4.79 Å². The fourth-order valence-corrected chi connectivity index (χ4v) is 3.31. The van der Waals surface area contributed by atoms with Crippen LogP contribution in [0.1, 0.15) is 10.5 Å². The zero-order valence-corrected chi connectivity index (χ0v) is 9.95. The second-order valence-electron chi connectivity index (χ2n) is 2.43. The number of carboxylic acids is 1. The molecule has 2 aromatic rings. The van der Waals surface area contributed by atoms with E-state index in [2.05, 4.69) is 20.9 Å². The highest BCUT2D eigenvalue weighted by Gasteiger charge is 2.18. The van der Waals surface area contributed by atoms with Gasteiger partial charge in [0.05, 0.1) is 4.88 Å². The Morgan fingerprint density at radius 2 is 2.36 bits per heavy atom. The van der Waals surface area contributed by atoms with Crippen molar-refractivity contribution in [1.82, 2.24) is 4.98 Å². The van der Waals surface area contributed by atoms with Crippen LogP contribution in [-0.2, 0) is 0 Å². The van der Waals surface area contributed by atoms with Crippen LogP contribution in [0.2, 0.25) is 0 Å². The van der Waals surface area contributed by atoms with Crippen molar-refractivity contribution < 1.29 is 9.90 Å². The van der Waals surface area contributed by atoms with E-state index in [1.165, 1.54) is 22.7 Å². The summed E-state index contributed by atoms with van der Waals surface area (Å²) < 4.78 is 0.596. The van der Waals surface area contributed by atoms with Crippen molar-refractivity contribution in [2.24, 2.45) is 0 Å². The first-order valence-electron chi connectivity index (χ1n) is 3.62. The second kappa shape index (κ2) is 3.80. The summed E-state index contributed by atoms with van der Waals surface area (Å²) in [5.41, 5.74) is 0.115. The Kier molecular flexibility index (Phi) is 2.66. The molecule has 3 nitrogen and oxygen atoms in total. The van der Waals surface area contributed by atoms with Crippen molar-refractivity contribution in [1.29, 1.82) is 0 Å². The molecule has 0 aliphatic carbocycles. The lowest BCUT2D eigenvalue weighted by Gasteiger charge is -1.92. The summed E-state index contributed by atoms with van der Waals surface area (Å²) in [6.07, 6.45) is 0. The number of aromatic nitrogens is 1. The van der Waals surface area contributed by atoms with Crippen LogP contribution >= 0.6 is 38.6 Å². The fourth-order valence-electron chi connectivity index (χ4n) is 1.01. The van der Waals surface area contributed by atoms with Gasteiger partial charge in [-0.2, -0.15) is 0 Å². The van der Waals surface area contributed by atoms with Gasteiger partial charge in [-0.05, 0) is 27.4 Å². The van der Waals surface area contributed by atoms with Crippen molar-refractivity contribution in [2.75, 3.05) is 0 Å². The molecular weight excluding hydrogens is 286 g/mol. The summed E-state index contributed by atoms with van der Waals surface area (Å²) in [4.78, 5) is 16.4. The molecule has 2 rings (SSSR count). The number of thiazole rings is 1. The molecule has 0 saturated carbocycles. The highest BCUT2D eigenvalue weighted by Crippen LogP contribution is 2.35. The SMILES string of the molecule is O=C(O)c1nc(Br)sc1-c1cccs1. The molecule has 0 spiro atoms. The first-order valence-corrected chi connectivity index (χ1v) is 6.11. The number of hydrogen-bond donors (Lipinski definition) is 1. The Morgan fingerprint density at radius 1 is 1.57 bits per heavy atom. The van der Waals surface area contributed by atoms with E-state index in [4.69, 9.17) is 5.11 Å². The number of thiophene rings is 1. The molecule has 6 heteroatoms. The average Bonchev–Trinajstić information content (AvgIpc) is 2.70. The monoisotopic (exact) mass is 289 g/mol. The second-order valence-corrected chi connectivity index (χ2v) is 5.65. The summed E-state index contributed by atoms with van der Waals surface area (Å²) in [7, 11) is 0. The minimum atomic E-state index is -0.990. The van der Waals surface area contributed by atoms with Crippen molar-refractivity contribution in [2.45, 2.75) is 0 Å². The lowest BCUT2D eigenvalue weighted by atomic mass is 10.3. The van der Waals surface area contributed by atoms with E-state index in [1.54, 1.807) is 0 Å². The van der Waals surface area contributed by atoms with Gasteiger partial charge in [-0.25, -0.2) is 9.78 Å². The zero-order chi connectivity index (χ0) is 10.1. The van der Waals surface area contributed by atoms with Crippen LogP contribution < -0.4 is 0 Å². The Hall–Kier alpha value is -0.720. The van der Waals surface area contributed by atoms with Crippen LogP contribution in [0.15, 0.2) is 21.4 Å². The maximum absolute atomic E-state index is 10.9. The van der Waals surface area contributed by atoms with Crippen LogP contribution in [0.4, 0.5) is 0 Å². The predicted molar refractivity (Wildman–Crippen MR) is 60.1 cm³/mol. The maximum Gasteiger partial charge on any atom is 0.356 e. The molecule has 0 unspecified atom stereocenters. The smallest absolute Gasteiger partial charge is 0.356 e. The molecule has 0 amide bonds. The van der Waals surface area contributed by atoms with E-state index < -0.39 is 5.97 Å². The molecule has 0 aromatic carbocycles. The molecule has 2 aromatic heterocycles. The zero-order valence-electron chi connectivity index (χ0n) is 6.73. The van der Waals surface area contributed by atoms with Crippen LogP contribution in [-0.4, -0.2) is 16.1 Å². The van der Waals surface area contributed by atoms with E-state index in [0.29, 0.717) is 8.79 Å². The minimum Gasteiger partial charge on any atom is -0.476 e. The molecule has 0 atom stereocenters. The van der Waals surface area contributed by atoms with Gasteiger partial charge in [0.15, 0.2) is 9.61 Å². The summed E-state index contributed by atoms with van der Waals surface area (Å²) in [6.45, 7) is 0. The van der Waals surface area contributed by atoms with Crippen molar-refractivity contribution in [3.63, 3.8) is 0 Å². The number of hydrogen-bond acceptors (Lipinski definition) is 4. The van der Waals surface area contributed by atoms with Gasteiger partial charge >= 0.3 is 5.97 Å². The van der Waals surface area contributed by atoms with Crippen LogP contribution in [0.3, 0.4) is 0 Å². The molecule has 0 aliphatic heterocycles. The molecule has 1 N–H and O–H groups in total. The Balaban J connectivity index is 2.58. The van der Waals surface area contributed by atoms with Gasteiger partial charge in [0.25, 0.3) is 0 Å². The lowest BCUT2D eigenvalue weighted by molar-refractivity contribution is 0.0692.